The third-order valence-corrected chi connectivity index (χ3v) is 7.89. The van der Waals surface area contributed by atoms with Crippen molar-refractivity contribution in [2.45, 2.75) is 12.3 Å². The van der Waals surface area contributed by atoms with Crippen LogP contribution in [0.4, 0.5) is 0 Å². The second-order valence-corrected chi connectivity index (χ2v) is 10.6. The molecule has 2 N–H and O–H groups in total. The first-order valence-corrected chi connectivity index (χ1v) is 13.9. The van der Waals surface area contributed by atoms with Gasteiger partial charge in [-0.1, -0.05) is 30.3 Å². The molecule has 2 aliphatic rings. The Labute approximate surface area is 242 Å². The van der Waals surface area contributed by atoms with Gasteiger partial charge < -0.3 is 38.6 Å². The number of hydrogen-bond acceptors (Lipinski definition) is 9. The summed E-state index contributed by atoms with van der Waals surface area (Å²) >= 11 is 0. The van der Waals surface area contributed by atoms with Crippen molar-refractivity contribution in [2.75, 3.05) is 53.6 Å². The Morgan fingerprint density at radius 2 is 1.71 bits per heavy atom. The molecule has 1 aromatic heterocycles. The fourth-order valence-electron chi connectivity index (χ4n) is 5.64. The zero-order valence-corrected chi connectivity index (χ0v) is 23.5. The van der Waals surface area contributed by atoms with Crippen molar-refractivity contribution in [1.29, 1.82) is 0 Å². The topological polar surface area (TPSA) is 122 Å². The number of nitrogens with zero attached hydrogens (tertiary/aromatic N) is 2. The number of piperazine rings is 1. The van der Waals surface area contributed by atoms with Gasteiger partial charge in [0, 0.05) is 61.8 Å². The van der Waals surface area contributed by atoms with Crippen LogP contribution >= 0.6 is 0 Å². The number of phenolic OH excluding ortho intramolecular Hbond substituents is 2. The summed E-state index contributed by atoms with van der Waals surface area (Å²) in [5, 5.41) is 22.0. The number of aromatic hydroxyl groups is 2. The Hall–Kier alpha value is -4.70. The summed E-state index contributed by atoms with van der Waals surface area (Å²) in [4.78, 5) is 31.1. The van der Waals surface area contributed by atoms with Crippen molar-refractivity contribution >= 4 is 16.9 Å². The molecule has 6 rings (SSSR count). The molecule has 3 heterocycles. The maximum absolute atomic E-state index is 13.8. The highest BCUT2D eigenvalue weighted by Gasteiger charge is 2.32. The van der Waals surface area contributed by atoms with Crippen molar-refractivity contribution in [1.82, 2.24) is 9.80 Å². The summed E-state index contributed by atoms with van der Waals surface area (Å²) in [6.45, 7) is 3.34. The molecule has 0 bridgehead atoms. The largest absolute Gasteiger partial charge is 0.507 e. The van der Waals surface area contributed by atoms with E-state index in [0.29, 0.717) is 54.7 Å². The van der Waals surface area contributed by atoms with Gasteiger partial charge in [-0.15, -0.1) is 0 Å². The van der Waals surface area contributed by atoms with Crippen molar-refractivity contribution < 1.29 is 33.6 Å². The zero-order chi connectivity index (χ0) is 29.4. The number of amides is 1. The van der Waals surface area contributed by atoms with E-state index in [1.807, 2.05) is 25.2 Å². The Morgan fingerprint density at radius 1 is 0.976 bits per heavy atom. The molecule has 10 nitrogen and oxygen atoms in total. The number of phenols is 2. The van der Waals surface area contributed by atoms with Crippen LogP contribution in [0.1, 0.15) is 23.5 Å². The van der Waals surface area contributed by atoms with Crippen LogP contribution in [0.2, 0.25) is 0 Å². The van der Waals surface area contributed by atoms with E-state index >= 15 is 0 Å². The maximum atomic E-state index is 13.8. The zero-order valence-electron chi connectivity index (χ0n) is 23.5. The Balaban J connectivity index is 1.56. The lowest BCUT2D eigenvalue weighted by Gasteiger charge is -2.33. The van der Waals surface area contributed by atoms with Gasteiger partial charge in [0.05, 0.1) is 7.11 Å². The first-order chi connectivity index (χ1) is 20.3. The van der Waals surface area contributed by atoms with Crippen molar-refractivity contribution in [2.24, 2.45) is 0 Å². The number of benzene rings is 3. The van der Waals surface area contributed by atoms with Gasteiger partial charge in [-0.3, -0.25) is 9.59 Å². The second kappa shape index (κ2) is 11.3. The molecule has 10 heteroatoms. The van der Waals surface area contributed by atoms with Crippen molar-refractivity contribution in [3.63, 3.8) is 0 Å². The third kappa shape index (κ3) is 5.09. The lowest BCUT2D eigenvalue weighted by molar-refractivity contribution is -0.133. The Bertz CT molecular complexity index is 1680. The molecule has 1 atom stereocenters. The van der Waals surface area contributed by atoms with E-state index in [9.17, 15) is 19.8 Å². The van der Waals surface area contributed by atoms with Gasteiger partial charge in [-0.05, 0) is 24.7 Å². The summed E-state index contributed by atoms with van der Waals surface area (Å²) in [5.41, 5.74) is 0.977. The summed E-state index contributed by atoms with van der Waals surface area (Å²) < 4.78 is 23.6. The average Bonchev–Trinajstić information content (AvgIpc) is 3.00. The highest BCUT2D eigenvalue weighted by atomic mass is 16.6. The fourth-order valence-corrected chi connectivity index (χ4v) is 5.64. The molecule has 0 spiro atoms. The van der Waals surface area contributed by atoms with E-state index in [4.69, 9.17) is 18.6 Å². The number of carbonyl (C=O) groups is 1. The highest BCUT2D eigenvalue weighted by molar-refractivity contribution is 5.91. The van der Waals surface area contributed by atoms with Gasteiger partial charge in [0.25, 0.3) is 0 Å². The molecule has 0 saturated carbocycles. The van der Waals surface area contributed by atoms with Gasteiger partial charge in [-0.2, -0.15) is 0 Å². The molecule has 1 saturated heterocycles. The van der Waals surface area contributed by atoms with Gasteiger partial charge in [0.1, 0.15) is 41.4 Å². The number of rotatable bonds is 6. The summed E-state index contributed by atoms with van der Waals surface area (Å²) in [5.74, 6) is -0.0577. The third-order valence-electron chi connectivity index (χ3n) is 7.89. The van der Waals surface area contributed by atoms with E-state index < -0.39 is 17.1 Å². The molecule has 1 fully saturated rings. The van der Waals surface area contributed by atoms with Crippen LogP contribution in [0.3, 0.4) is 0 Å². The van der Waals surface area contributed by atoms with E-state index in [1.165, 1.54) is 13.2 Å². The van der Waals surface area contributed by atoms with E-state index in [0.717, 1.165) is 19.2 Å². The number of hydrogen-bond donors (Lipinski definition) is 2. The monoisotopic (exact) mass is 572 g/mol. The molecule has 3 aromatic carbocycles. The number of methoxy groups -OCH3 is 1. The molecular weight excluding hydrogens is 540 g/mol. The average molecular weight is 573 g/mol. The lowest BCUT2D eigenvalue weighted by atomic mass is 9.85. The number of ether oxygens (including phenoxy) is 3. The standard InChI is InChI=1S/C32H32N2O8/c1-33-8-10-34(11-9-33)28(38)16-21(20-14-26(39-2)31-27(15-20)40-12-13-41-31)29-22(35)17-23(36)30-24(37)18-25(42-32(29)30)19-6-4-3-5-7-19/h3-7,14-15,17-18,21,35-36H,8-13,16H2,1-2H3/t21-/m1/s1. The molecule has 0 unspecified atom stereocenters. The first kappa shape index (κ1) is 27.5. The molecule has 4 aromatic rings. The van der Waals surface area contributed by atoms with Crippen molar-refractivity contribution in [3.8, 4) is 40.1 Å². The molecular formula is C32H32N2O8. The number of carbonyl (C=O) groups excluding carboxylic acids is 1. The second-order valence-electron chi connectivity index (χ2n) is 10.6. The van der Waals surface area contributed by atoms with Crippen LogP contribution in [0.15, 0.2) is 63.8 Å². The smallest absolute Gasteiger partial charge is 0.223 e. The van der Waals surface area contributed by atoms with E-state index in [-0.39, 0.29) is 40.4 Å². The van der Waals surface area contributed by atoms with Gasteiger partial charge in [0.15, 0.2) is 16.9 Å². The van der Waals surface area contributed by atoms with Crippen LogP contribution in [-0.4, -0.2) is 79.5 Å². The number of likely N-dealkylation sites (N-methyl/N-ethyl adjacent to an activating group) is 1. The molecule has 2 aliphatic heterocycles. The highest BCUT2D eigenvalue weighted by Crippen LogP contribution is 2.47. The van der Waals surface area contributed by atoms with Crippen LogP contribution in [-0.2, 0) is 4.79 Å². The van der Waals surface area contributed by atoms with Crippen molar-refractivity contribution in [3.05, 3.63) is 75.9 Å². The minimum atomic E-state index is -0.792. The van der Waals surface area contributed by atoms with Crippen LogP contribution in [0, 0.1) is 0 Å². The summed E-state index contributed by atoms with van der Waals surface area (Å²) in [6.07, 6.45) is -0.0424. The number of fused-ring (bicyclic) bond motifs is 2. The molecule has 1 amide bonds. The van der Waals surface area contributed by atoms with Crippen LogP contribution in [0.5, 0.6) is 28.7 Å². The maximum Gasteiger partial charge on any atom is 0.223 e. The predicted octanol–water partition coefficient (Wildman–Crippen LogP) is 3.95. The summed E-state index contributed by atoms with van der Waals surface area (Å²) in [6, 6.07) is 15.0. The van der Waals surface area contributed by atoms with Gasteiger partial charge in [-0.25, -0.2) is 0 Å². The van der Waals surface area contributed by atoms with Gasteiger partial charge in [0.2, 0.25) is 11.7 Å². The Kier molecular flexibility index (Phi) is 7.38. The van der Waals surface area contributed by atoms with Crippen LogP contribution in [0.25, 0.3) is 22.3 Å². The quantitative estimate of drug-likeness (QED) is 0.354. The molecule has 0 radical (unpaired) electrons. The molecule has 0 aliphatic carbocycles. The minimum absolute atomic E-state index is 0.00360. The Morgan fingerprint density at radius 3 is 2.45 bits per heavy atom. The van der Waals surface area contributed by atoms with Gasteiger partial charge >= 0.3 is 0 Å². The summed E-state index contributed by atoms with van der Waals surface area (Å²) in [7, 11) is 3.53. The SMILES string of the molecule is COc1cc([C@@H](CC(=O)N2CCN(C)CC2)c2c(O)cc(O)c3c(=O)cc(-c4ccccc4)oc23)cc2c1OCCO2. The minimum Gasteiger partial charge on any atom is -0.507 e. The lowest BCUT2D eigenvalue weighted by Crippen LogP contribution is -2.47. The fraction of sp³-hybridized carbons (Fsp3) is 0.312. The van der Waals surface area contributed by atoms with E-state index in [2.05, 4.69) is 4.90 Å². The predicted molar refractivity (Wildman–Crippen MR) is 156 cm³/mol. The molecule has 218 valence electrons. The first-order valence-electron chi connectivity index (χ1n) is 13.9. The van der Waals surface area contributed by atoms with Crippen LogP contribution < -0.4 is 19.6 Å². The molecule has 42 heavy (non-hydrogen) atoms. The van der Waals surface area contributed by atoms with E-state index in [1.54, 1.807) is 29.2 Å². The normalized spacial score (nSPS) is 15.9.